The molecular formula is C31H41N3O. The molecule has 0 unspecified atom stereocenters. The fourth-order valence-electron chi connectivity index (χ4n) is 4.27. The van der Waals surface area contributed by atoms with Crippen LogP contribution in [-0.4, -0.2) is 38.0 Å². The maximum absolute atomic E-state index is 12.5. The molecule has 0 heterocycles. The van der Waals surface area contributed by atoms with E-state index >= 15 is 0 Å². The van der Waals surface area contributed by atoms with Gasteiger partial charge >= 0.3 is 0 Å². The van der Waals surface area contributed by atoms with Gasteiger partial charge < -0.3 is 16.0 Å². The van der Waals surface area contributed by atoms with Crippen LogP contribution in [0.15, 0.2) is 67.3 Å². The number of nitrogens with one attached hydrogen (secondary N) is 1. The van der Waals surface area contributed by atoms with Crippen LogP contribution in [0, 0.1) is 6.92 Å². The zero-order chi connectivity index (χ0) is 26.0. The summed E-state index contributed by atoms with van der Waals surface area (Å²) in [5.41, 5.74) is 15.7. The van der Waals surface area contributed by atoms with Crippen molar-refractivity contribution in [1.29, 1.82) is 0 Å². The number of benzene rings is 2. The number of nitrogens with two attached hydrogens (primary N) is 1. The van der Waals surface area contributed by atoms with Gasteiger partial charge in [0, 0.05) is 29.9 Å². The molecule has 3 N–H and O–H groups in total. The van der Waals surface area contributed by atoms with Crippen LogP contribution in [0.4, 0.5) is 5.69 Å². The molecule has 186 valence electrons. The summed E-state index contributed by atoms with van der Waals surface area (Å²) < 4.78 is 0. The maximum atomic E-state index is 12.5. The number of amides is 1. The van der Waals surface area contributed by atoms with Gasteiger partial charge in [0.2, 0.25) is 0 Å². The molecule has 0 atom stereocenters. The third kappa shape index (κ3) is 7.30. The van der Waals surface area contributed by atoms with Gasteiger partial charge in [0.05, 0.1) is 0 Å². The number of likely N-dealkylation sites (N-methyl/N-ethyl adjacent to an activating group) is 1. The van der Waals surface area contributed by atoms with E-state index in [2.05, 4.69) is 45.3 Å². The lowest BCUT2D eigenvalue weighted by Gasteiger charge is -2.22. The minimum absolute atomic E-state index is 0.0593. The number of carbonyl (C=O) groups excluding carboxylic acids is 1. The largest absolute Gasteiger partial charge is 0.398 e. The lowest BCUT2D eigenvalue weighted by molar-refractivity contribution is 0.0951. The Hall–Kier alpha value is -3.37. The molecule has 0 spiro atoms. The van der Waals surface area contributed by atoms with Gasteiger partial charge in [-0.15, -0.1) is 0 Å². The number of rotatable bonds is 12. The Morgan fingerprint density at radius 1 is 1.09 bits per heavy atom. The van der Waals surface area contributed by atoms with Crippen molar-refractivity contribution in [1.82, 2.24) is 10.2 Å². The number of hydrogen-bond acceptors (Lipinski definition) is 3. The minimum atomic E-state index is -0.0593. The van der Waals surface area contributed by atoms with Crippen LogP contribution >= 0.6 is 0 Å². The van der Waals surface area contributed by atoms with E-state index in [1.807, 2.05) is 61.5 Å². The van der Waals surface area contributed by atoms with Crippen molar-refractivity contribution in [2.24, 2.45) is 0 Å². The summed E-state index contributed by atoms with van der Waals surface area (Å²) in [7, 11) is 3.98. The van der Waals surface area contributed by atoms with Crippen LogP contribution in [0.25, 0.3) is 17.2 Å². The number of anilines is 1. The van der Waals surface area contributed by atoms with Gasteiger partial charge in [-0.25, -0.2) is 0 Å². The fraction of sp³-hybridized carbons (Fsp3) is 0.323. The molecule has 0 bridgehead atoms. The van der Waals surface area contributed by atoms with Crippen molar-refractivity contribution in [2.75, 3.05) is 32.9 Å². The van der Waals surface area contributed by atoms with Crippen molar-refractivity contribution in [2.45, 2.75) is 40.0 Å². The smallest absolute Gasteiger partial charge is 0.251 e. The monoisotopic (exact) mass is 471 g/mol. The minimum Gasteiger partial charge on any atom is -0.398 e. The number of nitrogen functional groups attached to an aromatic ring is 1. The molecule has 35 heavy (non-hydrogen) atoms. The quantitative estimate of drug-likeness (QED) is 0.266. The number of aryl methyl sites for hydroxylation is 1. The van der Waals surface area contributed by atoms with Crippen molar-refractivity contribution >= 4 is 28.8 Å². The molecule has 0 aromatic heterocycles. The second kappa shape index (κ2) is 13.5. The Morgan fingerprint density at radius 3 is 2.31 bits per heavy atom. The molecule has 0 radical (unpaired) electrons. The Morgan fingerprint density at radius 2 is 1.74 bits per heavy atom. The van der Waals surface area contributed by atoms with Gasteiger partial charge in [-0.05, 0) is 85.5 Å². The third-order valence-electron chi connectivity index (χ3n) is 6.11. The predicted octanol–water partition coefficient (Wildman–Crippen LogP) is 6.74. The average Bonchev–Trinajstić information content (AvgIpc) is 2.84. The van der Waals surface area contributed by atoms with E-state index < -0.39 is 0 Å². The van der Waals surface area contributed by atoms with E-state index in [1.54, 1.807) is 6.08 Å². The Balaban J connectivity index is 2.49. The average molecular weight is 472 g/mol. The molecule has 0 aliphatic carbocycles. The molecule has 2 aromatic carbocycles. The van der Waals surface area contributed by atoms with Crippen molar-refractivity contribution < 1.29 is 4.79 Å². The number of allylic oxidation sites excluding steroid dienone is 5. The van der Waals surface area contributed by atoms with Crippen LogP contribution in [0.5, 0.6) is 0 Å². The number of nitrogens with zero attached hydrogens (tertiary/aromatic N) is 1. The van der Waals surface area contributed by atoms with E-state index in [0.717, 1.165) is 48.2 Å². The summed E-state index contributed by atoms with van der Waals surface area (Å²) in [6.45, 7) is 16.2. The van der Waals surface area contributed by atoms with Gasteiger partial charge in [0.1, 0.15) is 0 Å². The summed E-state index contributed by atoms with van der Waals surface area (Å²) in [4.78, 5) is 14.5. The highest BCUT2D eigenvalue weighted by molar-refractivity contribution is 5.96. The van der Waals surface area contributed by atoms with Crippen LogP contribution < -0.4 is 11.1 Å². The molecule has 0 saturated carbocycles. The SMILES string of the molecule is C=CC=Cc1c(N)ccc(C)c1/C(CCC)=C(/CC)C(=C)c1ccc(C(=O)NCCN(C)C)cc1. The highest BCUT2D eigenvalue weighted by Gasteiger charge is 2.18. The Kier molecular flexibility index (Phi) is 10.8. The normalized spacial score (nSPS) is 12.1. The third-order valence-corrected chi connectivity index (χ3v) is 6.11. The van der Waals surface area contributed by atoms with Gasteiger partial charge in [-0.2, -0.15) is 0 Å². The molecule has 0 saturated heterocycles. The van der Waals surface area contributed by atoms with Crippen molar-refractivity contribution in [3.05, 3.63) is 95.1 Å². The highest BCUT2D eigenvalue weighted by Crippen LogP contribution is 2.39. The van der Waals surface area contributed by atoms with Crippen LogP contribution in [0.2, 0.25) is 0 Å². The second-order valence-electron chi connectivity index (χ2n) is 9.03. The predicted molar refractivity (Wildman–Crippen MR) is 153 cm³/mol. The second-order valence-corrected chi connectivity index (χ2v) is 9.03. The first-order valence-corrected chi connectivity index (χ1v) is 12.4. The van der Waals surface area contributed by atoms with Crippen LogP contribution in [0.3, 0.4) is 0 Å². The maximum Gasteiger partial charge on any atom is 0.251 e. The first-order chi connectivity index (χ1) is 16.7. The molecule has 1 amide bonds. The van der Waals surface area contributed by atoms with Gasteiger partial charge in [-0.1, -0.05) is 69.9 Å². The molecule has 0 fully saturated rings. The summed E-state index contributed by atoms with van der Waals surface area (Å²) in [5, 5.41) is 2.97. The molecular weight excluding hydrogens is 430 g/mol. The van der Waals surface area contributed by atoms with E-state index in [1.165, 1.54) is 22.3 Å². The fourth-order valence-corrected chi connectivity index (χ4v) is 4.27. The standard InChI is InChI=1S/C31H41N3O/c1-8-11-13-28-29(32)19-14-22(4)30(28)27(12-9-2)26(10-3)23(5)24-15-17-25(18-16-24)31(35)33-20-21-34(6)7/h8,11,13-19H,1,5,9-10,12,20-21,32H2,2-4,6-7H3,(H,33,35)/b13-11?,27-26-. The number of carbonyl (C=O) groups is 1. The molecule has 2 rings (SSSR count). The van der Waals surface area contributed by atoms with Crippen molar-refractivity contribution in [3.8, 4) is 0 Å². The van der Waals surface area contributed by atoms with Gasteiger partial charge in [-0.3, -0.25) is 4.79 Å². The first-order valence-electron chi connectivity index (χ1n) is 12.4. The van der Waals surface area contributed by atoms with E-state index in [4.69, 9.17) is 5.73 Å². The lowest BCUT2D eigenvalue weighted by atomic mass is 9.83. The van der Waals surface area contributed by atoms with E-state index in [0.29, 0.717) is 12.1 Å². The highest BCUT2D eigenvalue weighted by atomic mass is 16.1. The topological polar surface area (TPSA) is 58.4 Å². The van der Waals surface area contributed by atoms with Crippen LogP contribution in [-0.2, 0) is 0 Å². The van der Waals surface area contributed by atoms with E-state index in [9.17, 15) is 4.79 Å². The molecule has 0 aliphatic heterocycles. The van der Waals surface area contributed by atoms with Gasteiger partial charge in [0.15, 0.2) is 0 Å². The van der Waals surface area contributed by atoms with Crippen LogP contribution in [0.1, 0.15) is 65.7 Å². The molecule has 2 aromatic rings. The van der Waals surface area contributed by atoms with E-state index in [-0.39, 0.29) is 5.91 Å². The summed E-state index contributed by atoms with van der Waals surface area (Å²) >= 11 is 0. The Labute approximate surface area is 211 Å². The lowest BCUT2D eigenvalue weighted by Crippen LogP contribution is -2.31. The van der Waals surface area contributed by atoms with Gasteiger partial charge in [0.25, 0.3) is 5.91 Å². The molecule has 4 heteroatoms. The summed E-state index contributed by atoms with van der Waals surface area (Å²) in [5.74, 6) is -0.0593. The van der Waals surface area contributed by atoms with Crippen molar-refractivity contribution in [3.63, 3.8) is 0 Å². The molecule has 0 aliphatic rings. The molecule has 4 nitrogen and oxygen atoms in total. The first kappa shape index (κ1) is 27.9. The summed E-state index contributed by atoms with van der Waals surface area (Å²) in [6.07, 6.45) is 8.53. The Bertz CT molecular complexity index is 1100. The summed E-state index contributed by atoms with van der Waals surface area (Å²) in [6, 6.07) is 11.8. The zero-order valence-corrected chi connectivity index (χ0v) is 22.1. The number of hydrogen-bond donors (Lipinski definition) is 2. The zero-order valence-electron chi connectivity index (χ0n) is 22.1.